The Kier molecular flexibility index (Phi) is 6.35. The van der Waals surface area contributed by atoms with Crippen LogP contribution in [0.1, 0.15) is 26.3 Å². The molecule has 1 aliphatic heterocycles. The highest BCUT2D eigenvalue weighted by molar-refractivity contribution is 5.86. The molecule has 6 nitrogen and oxygen atoms in total. The molecule has 0 saturated carbocycles. The quantitative estimate of drug-likeness (QED) is 0.741. The maximum absolute atomic E-state index is 13.1. The van der Waals surface area contributed by atoms with Crippen LogP contribution in [-0.4, -0.2) is 44.1 Å². The van der Waals surface area contributed by atoms with Gasteiger partial charge in [-0.05, 0) is 39.0 Å². The van der Waals surface area contributed by atoms with Gasteiger partial charge in [-0.15, -0.1) is 0 Å². The molecule has 9 heteroatoms. The SMILES string of the molecule is CCOC(CN1c2cc(C(F)(F)F)ccc2OC(C)C1C(N)=O)OCC. The van der Waals surface area contributed by atoms with Crippen molar-refractivity contribution in [2.24, 2.45) is 5.73 Å². The van der Waals surface area contributed by atoms with Crippen LogP contribution in [0.3, 0.4) is 0 Å². The lowest BCUT2D eigenvalue weighted by molar-refractivity contribution is -0.137. The van der Waals surface area contributed by atoms with Crippen LogP contribution >= 0.6 is 0 Å². The number of fused-ring (bicyclic) bond motifs is 1. The highest BCUT2D eigenvalue weighted by Crippen LogP contribution is 2.41. The molecule has 0 fully saturated rings. The van der Waals surface area contributed by atoms with E-state index in [0.717, 1.165) is 12.1 Å². The van der Waals surface area contributed by atoms with Crippen molar-refractivity contribution in [3.05, 3.63) is 23.8 Å². The summed E-state index contributed by atoms with van der Waals surface area (Å²) in [6.07, 6.45) is -5.88. The summed E-state index contributed by atoms with van der Waals surface area (Å²) in [6.45, 7) is 5.92. The van der Waals surface area contributed by atoms with Crippen LogP contribution in [0.15, 0.2) is 18.2 Å². The molecule has 0 spiro atoms. The van der Waals surface area contributed by atoms with Crippen molar-refractivity contribution in [2.45, 2.75) is 45.4 Å². The second-order valence-corrected chi connectivity index (χ2v) is 5.84. The van der Waals surface area contributed by atoms with E-state index in [0.29, 0.717) is 13.2 Å². The Labute approximate surface area is 150 Å². The fourth-order valence-corrected chi connectivity index (χ4v) is 2.97. The molecule has 0 aliphatic carbocycles. The molecule has 1 aromatic carbocycles. The van der Waals surface area contributed by atoms with Crippen LogP contribution in [0, 0.1) is 0 Å². The van der Waals surface area contributed by atoms with Gasteiger partial charge in [-0.1, -0.05) is 0 Å². The first kappa shape index (κ1) is 20.3. The Morgan fingerprint density at radius 2 is 1.92 bits per heavy atom. The highest BCUT2D eigenvalue weighted by Gasteiger charge is 2.40. The van der Waals surface area contributed by atoms with Crippen LogP contribution in [0.4, 0.5) is 18.9 Å². The molecule has 0 aromatic heterocycles. The Morgan fingerprint density at radius 1 is 1.31 bits per heavy atom. The summed E-state index contributed by atoms with van der Waals surface area (Å²) in [5.41, 5.74) is 4.78. The molecule has 2 atom stereocenters. The molecule has 0 bridgehead atoms. The lowest BCUT2D eigenvalue weighted by atomic mass is 10.0. The molecule has 1 aromatic rings. The predicted molar refractivity (Wildman–Crippen MR) is 88.9 cm³/mol. The van der Waals surface area contributed by atoms with Gasteiger partial charge < -0.3 is 24.8 Å². The number of rotatable bonds is 7. The number of carbonyl (C=O) groups is 1. The van der Waals surface area contributed by atoms with Gasteiger partial charge in [0.15, 0.2) is 6.29 Å². The van der Waals surface area contributed by atoms with Crippen LogP contribution in [-0.2, 0) is 20.4 Å². The molecular formula is C17H23F3N2O4. The van der Waals surface area contributed by atoms with E-state index < -0.39 is 36.1 Å². The Hall–Kier alpha value is -2.00. The number of hydrogen-bond donors (Lipinski definition) is 1. The number of primary amides is 1. The summed E-state index contributed by atoms with van der Waals surface area (Å²) < 4.78 is 55.9. The topological polar surface area (TPSA) is 74.0 Å². The number of halogens is 3. The number of nitrogens with two attached hydrogens (primary N) is 1. The minimum Gasteiger partial charge on any atom is -0.486 e. The maximum Gasteiger partial charge on any atom is 0.416 e. The van der Waals surface area contributed by atoms with Crippen molar-refractivity contribution < 1.29 is 32.2 Å². The van der Waals surface area contributed by atoms with Crippen molar-refractivity contribution in [2.75, 3.05) is 24.7 Å². The van der Waals surface area contributed by atoms with Crippen LogP contribution < -0.4 is 15.4 Å². The van der Waals surface area contributed by atoms with Crippen molar-refractivity contribution >= 4 is 11.6 Å². The van der Waals surface area contributed by atoms with Crippen molar-refractivity contribution in [1.29, 1.82) is 0 Å². The predicted octanol–water partition coefficient (Wildman–Crippen LogP) is 2.55. The lowest BCUT2D eigenvalue weighted by Crippen LogP contribution is -2.57. The zero-order valence-electron chi connectivity index (χ0n) is 14.9. The van der Waals surface area contributed by atoms with Gasteiger partial charge in [0, 0.05) is 13.2 Å². The average molecular weight is 376 g/mol. The van der Waals surface area contributed by atoms with E-state index in [-0.39, 0.29) is 18.0 Å². The number of alkyl halides is 3. The lowest BCUT2D eigenvalue weighted by Gasteiger charge is -2.42. The summed E-state index contributed by atoms with van der Waals surface area (Å²) in [5, 5.41) is 0. The molecule has 2 N–H and O–H groups in total. The van der Waals surface area contributed by atoms with Gasteiger partial charge >= 0.3 is 6.18 Å². The number of benzene rings is 1. The molecular weight excluding hydrogens is 353 g/mol. The first-order valence-electron chi connectivity index (χ1n) is 8.36. The third-order valence-electron chi connectivity index (χ3n) is 4.03. The summed E-state index contributed by atoms with van der Waals surface area (Å²) in [7, 11) is 0. The van der Waals surface area contributed by atoms with Crippen molar-refractivity contribution in [3.63, 3.8) is 0 Å². The van der Waals surface area contributed by atoms with Crippen LogP contribution in [0.2, 0.25) is 0 Å². The Bertz CT molecular complexity index is 633. The van der Waals surface area contributed by atoms with Gasteiger partial charge in [0.1, 0.15) is 17.9 Å². The molecule has 1 heterocycles. The third-order valence-corrected chi connectivity index (χ3v) is 4.03. The monoisotopic (exact) mass is 376 g/mol. The average Bonchev–Trinajstić information content (AvgIpc) is 2.53. The molecule has 146 valence electrons. The zero-order chi connectivity index (χ0) is 19.5. The summed E-state index contributed by atoms with van der Waals surface area (Å²) in [5.74, 6) is -0.456. The van der Waals surface area contributed by atoms with Gasteiger partial charge in [-0.25, -0.2) is 0 Å². The smallest absolute Gasteiger partial charge is 0.416 e. The van der Waals surface area contributed by atoms with Gasteiger partial charge in [-0.3, -0.25) is 4.79 Å². The molecule has 2 unspecified atom stereocenters. The highest BCUT2D eigenvalue weighted by atomic mass is 19.4. The van der Waals surface area contributed by atoms with E-state index in [1.807, 2.05) is 0 Å². The maximum atomic E-state index is 13.1. The number of ether oxygens (including phenoxy) is 3. The standard InChI is InChI=1S/C17H23F3N2O4/c1-4-24-14(25-5-2)9-22-12-8-11(17(18,19)20)6-7-13(12)26-10(3)15(22)16(21)23/h6-8,10,14-15H,4-5,9H2,1-3H3,(H2,21,23). The fraction of sp³-hybridized carbons (Fsp3) is 0.588. The Morgan fingerprint density at radius 3 is 2.42 bits per heavy atom. The molecule has 1 aliphatic rings. The first-order chi connectivity index (χ1) is 12.2. The van der Waals surface area contributed by atoms with Crippen LogP contribution in [0.25, 0.3) is 0 Å². The largest absolute Gasteiger partial charge is 0.486 e. The van der Waals surface area contributed by atoms with E-state index in [2.05, 4.69) is 0 Å². The number of nitrogens with zero attached hydrogens (tertiary/aromatic N) is 1. The van der Waals surface area contributed by atoms with Gasteiger partial charge in [0.25, 0.3) is 0 Å². The first-order valence-corrected chi connectivity index (χ1v) is 8.36. The number of carbonyl (C=O) groups excluding carboxylic acids is 1. The zero-order valence-corrected chi connectivity index (χ0v) is 14.9. The molecule has 26 heavy (non-hydrogen) atoms. The third kappa shape index (κ3) is 4.39. The Balaban J connectivity index is 2.47. The molecule has 2 rings (SSSR count). The van der Waals surface area contributed by atoms with E-state index >= 15 is 0 Å². The van der Waals surface area contributed by atoms with E-state index in [1.165, 1.54) is 11.0 Å². The number of anilines is 1. The summed E-state index contributed by atoms with van der Waals surface area (Å²) in [4.78, 5) is 13.4. The summed E-state index contributed by atoms with van der Waals surface area (Å²) in [6, 6.07) is 2.19. The number of hydrogen-bond acceptors (Lipinski definition) is 5. The second-order valence-electron chi connectivity index (χ2n) is 5.84. The normalized spacial score (nSPS) is 20.0. The molecule has 1 amide bonds. The number of amides is 1. The second kappa shape index (κ2) is 8.13. The minimum absolute atomic E-state index is 0.0390. The van der Waals surface area contributed by atoms with Crippen molar-refractivity contribution in [3.8, 4) is 5.75 Å². The summed E-state index contributed by atoms with van der Waals surface area (Å²) >= 11 is 0. The van der Waals surface area contributed by atoms with E-state index in [9.17, 15) is 18.0 Å². The molecule has 0 saturated heterocycles. The van der Waals surface area contributed by atoms with E-state index in [1.54, 1.807) is 20.8 Å². The van der Waals surface area contributed by atoms with Gasteiger partial charge in [0.05, 0.1) is 17.8 Å². The van der Waals surface area contributed by atoms with Gasteiger partial charge in [-0.2, -0.15) is 13.2 Å². The van der Waals surface area contributed by atoms with Crippen molar-refractivity contribution in [1.82, 2.24) is 0 Å². The fourth-order valence-electron chi connectivity index (χ4n) is 2.97. The van der Waals surface area contributed by atoms with Crippen LogP contribution in [0.5, 0.6) is 5.75 Å². The van der Waals surface area contributed by atoms with E-state index in [4.69, 9.17) is 19.9 Å². The van der Waals surface area contributed by atoms with Gasteiger partial charge in [0.2, 0.25) is 5.91 Å². The molecule has 0 radical (unpaired) electrons. The minimum atomic E-state index is -4.52.